The lowest BCUT2D eigenvalue weighted by Crippen LogP contribution is -2.34. The van der Waals surface area contributed by atoms with E-state index >= 15 is 0 Å². The van der Waals surface area contributed by atoms with Gasteiger partial charge in [0, 0.05) is 19.6 Å². The largest absolute Gasteiger partial charge is 0.466 e. The molecule has 4 nitrogen and oxygen atoms in total. The number of nitrogens with zero attached hydrogens (tertiary/aromatic N) is 2. The first kappa shape index (κ1) is 15.4. The fourth-order valence-electron chi connectivity index (χ4n) is 1.48. The molecule has 0 aromatic heterocycles. The average molecular weight is 230 g/mol. The molecule has 0 N–H and O–H groups in total. The highest BCUT2D eigenvalue weighted by Crippen LogP contribution is 1.93. The molecule has 0 atom stereocenters. The quantitative estimate of drug-likeness (QED) is 0.557. The summed E-state index contributed by atoms with van der Waals surface area (Å²) in [6.07, 6.45) is 0.489. The lowest BCUT2D eigenvalue weighted by molar-refractivity contribution is -0.143. The molecule has 0 saturated heterocycles. The van der Waals surface area contributed by atoms with Gasteiger partial charge in [0.15, 0.2) is 0 Å². The van der Waals surface area contributed by atoms with Crippen LogP contribution in [-0.4, -0.2) is 62.1 Å². The van der Waals surface area contributed by atoms with E-state index in [2.05, 4.69) is 23.6 Å². The Bertz CT molecular complexity index is 182. The molecule has 0 radical (unpaired) electrons. The molecule has 0 aliphatic rings. The predicted octanol–water partition coefficient (Wildman–Crippen LogP) is 1.21. The predicted molar refractivity (Wildman–Crippen MR) is 66.5 cm³/mol. The van der Waals surface area contributed by atoms with Crippen LogP contribution in [0.1, 0.15) is 27.2 Å². The molecule has 0 spiro atoms. The molecule has 0 bridgehead atoms. The highest BCUT2D eigenvalue weighted by molar-refractivity contribution is 5.69. The van der Waals surface area contributed by atoms with Crippen LogP contribution in [0.5, 0.6) is 0 Å². The zero-order valence-electron chi connectivity index (χ0n) is 11.2. The summed E-state index contributed by atoms with van der Waals surface area (Å²) in [6, 6.07) is 0. The van der Waals surface area contributed by atoms with Crippen LogP contribution in [0.15, 0.2) is 0 Å². The topological polar surface area (TPSA) is 32.8 Å². The van der Waals surface area contributed by atoms with Crippen LogP contribution in [-0.2, 0) is 9.53 Å². The molecule has 0 fully saturated rings. The first-order chi connectivity index (χ1) is 7.63. The van der Waals surface area contributed by atoms with Crippen LogP contribution in [0.4, 0.5) is 0 Å². The van der Waals surface area contributed by atoms with Gasteiger partial charge in [-0.2, -0.15) is 0 Å². The molecular weight excluding hydrogens is 204 g/mol. The van der Waals surface area contributed by atoms with Crippen LogP contribution in [0.3, 0.4) is 0 Å². The summed E-state index contributed by atoms with van der Waals surface area (Å²) in [6.45, 7) is 11.7. The Morgan fingerprint density at radius 3 is 2.19 bits per heavy atom. The standard InChI is InChI=1S/C12H26N2O2/c1-5-14(6-2)11-10-13(4)9-8-12(15)16-7-3/h5-11H2,1-4H3. The highest BCUT2D eigenvalue weighted by Gasteiger charge is 2.06. The first-order valence-corrected chi connectivity index (χ1v) is 6.20. The summed E-state index contributed by atoms with van der Waals surface area (Å²) in [5, 5.41) is 0. The number of hydrogen-bond acceptors (Lipinski definition) is 4. The van der Waals surface area contributed by atoms with Gasteiger partial charge in [0.05, 0.1) is 13.0 Å². The maximum absolute atomic E-state index is 11.1. The number of hydrogen-bond donors (Lipinski definition) is 0. The van der Waals surface area contributed by atoms with Gasteiger partial charge >= 0.3 is 5.97 Å². The minimum absolute atomic E-state index is 0.0998. The maximum Gasteiger partial charge on any atom is 0.307 e. The number of rotatable bonds is 9. The third-order valence-electron chi connectivity index (χ3n) is 2.70. The molecule has 0 aromatic carbocycles. The van der Waals surface area contributed by atoms with E-state index in [0.717, 1.165) is 32.7 Å². The van der Waals surface area contributed by atoms with Crippen molar-refractivity contribution in [2.45, 2.75) is 27.2 Å². The summed E-state index contributed by atoms with van der Waals surface area (Å²) < 4.78 is 4.88. The Kier molecular flexibility index (Phi) is 9.24. The van der Waals surface area contributed by atoms with Crippen LogP contribution >= 0.6 is 0 Å². The molecule has 0 aromatic rings. The van der Waals surface area contributed by atoms with E-state index in [1.165, 1.54) is 0 Å². The molecule has 96 valence electrons. The molecule has 0 aliphatic heterocycles. The molecule has 0 saturated carbocycles. The number of ether oxygens (including phenoxy) is 1. The highest BCUT2D eigenvalue weighted by atomic mass is 16.5. The van der Waals surface area contributed by atoms with Gasteiger partial charge in [-0.15, -0.1) is 0 Å². The Morgan fingerprint density at radius 2 is 1.69 bits per heavy atom. The Labute approximate surface area is 99.5 Å². The van der Waals surface area contributed by atoms with E-state index in [1.54, 1.807) is 0 Å². The number of carbonyl (C=O) groups is 1. The molecule has 0 heterocycles. The second-order valence-electron chi connectivity index (χ2n) is 3.89. The van der Waals surface area contributed by atoms with Crippen LogP contribution in [0.25, 0.3) is 0 Å². The van der Waals surface area contributed by atoms with E-state index < -0.39 is 0 Å². The van der Waals surface area contributed by atoms with Crippen molar-refractivity contribution in [3.63, 3.8) is 0 Å². The van der Waals surface area contributed by atoms with Gasteiger partial charge in [0.25, 0.3) is 0 Å². The van der Waals surface area contributed by atoms with Crippen molar-refractivity contribution in [3.8, 4) is 0 Å². The zero-order valence-corrected chi connectivity index (χ0v) is 11.2. The van der Waals surface area contributed by atoms with Crippen molar-refractivity contribution >= 4 is 5.97 Å². The summed E-state index contributed by atoms with van der Waals surface area (Å²) in [4.78, 5) is 15.7. The Balaban J connectivity index is 3.57. The number of likely N-dealkylation sites (N-methyl/N-ethyl adjacent to an activating group) is 2. The zero-order chi connectivity index (χ0) is 12.4. The summed E-state index contributed by atoms with van der Waals surface area (Å²) in [7, 11) is 2.04. The van der Waals surface area contributed by atoms with E-state index in [0.29, 0.717) is 13.0 Å². The molecule has 0 rings (SSSR count). The molecule has 0 unspecified atom stereocenters. The SMILES string of the molecule is CCOC(=O)CCN(C)CCN(CC)CC. The van der Waals surface area contributed by atoms with Crippen molar-refractivity contribution < 1.29 is 9.53 Å². The molecule has 16 heavy (non-hydrogen) atoms. The van der Waals surface area contributed by atoms with Gasteiger partial charge in [-0.3, -0.25) is 4.79 Å². The lowest BCUT2D eigenvalue weighted by atomic mass is 10.4. The fraction of sp³-hybridized carbons (Fsp3) is 0.917. The second kappa shape index (κ2) is 9.60. The molecule has 0 amide bonds. The van der Waals surface area contributed by atoms with Crippen LogP contribution in [0.2, 0.25) is 0 Å². The Hall–Kier alpha value is -0.610. The fourth-order valence-corrected chi connectivity index (χ4v) is 1.48. The van der Waals surface area contributed by atoms with Crippen molar-refractivity contribution in [3.05, 3.63) is 0 Å². The van der Waals surface area contributed by atoms with Gasteiger partial charge in [-0.05, 0) is 27.1 Å². The summed E-state index contributed by atoms with van der Waals surface area (Å²) in [5.74, 6) is -0.0998. The van der Waals surface area contributed by atoms with E-state index in [9.17, 15) is 4.79 Å². The number of carbonyl (C=O) groups excluding carboxylic acids is 1. The van der Waals surface area contributed by atoms with E-state index in [4.69, 9.17) is 4.74 Å². The molecule has 0 aliphatic carbocycles. The van der Waals surface area contributed by atoms with E-state index in [1.807, 2.05) is 14.0 Å². The lowest BCUT2D eigenvalue weighted by Gasteiger charge is -2.22. The van der Waals surface area contributed by atoms with Crippen molar-refractivity contribution in [1.29, 1.82) is 0 Å². The third kappa shape index (κ3) is 7.65. The summed E-state index contributed by atoms with van der Waals surface area (Å²) in [5.41, 5.74) is 0. The van der Waals surface area contributed by atoms with Crippen LogP contribution < -0.4 is 0 Å². The number of esters is 1. The van der Waals surface area contributed by atoms with Crippen LogP contribution in [0, 0.1) is 0 Å². The second-order valence-corrected chi connectivity index (χ2v) is 3.89. The van der Waals surface area contributed by atoms with Gasteiger partial charge in [0.2, 0.25) is 0 Å². The average Bonchev–Trinajstić information content (AvgIpc) is 2.28. The molecule has 4 heteroatoms. The van der Waals surface area contributed by atoms with Gasteiger partial charge in [-0.25, -0.2) is 0 Å². The minimum Gasteiger partial charge on any atom is -0.466 e. The van der Waals surface area contributed by atoms with E-state index in [-0.39, 0.29) is 5.97 Å². The van der Waals surface area contributed by atoms with Crippen molar-refractivity contribution in [2.24, 2.45) is 0 Å². The monoisotopic (exact) mass is 230 g/mol. The maximum atomic E-state index is 11.1. The molecular formula is C12H26N2O2. The first-order valence-electron chi connectivity index (χ1n) is 6.20. The van der Waals surface area contributed by atoms with Gasteiger partial charge < -0.3 is 14.5 Å². The third-order valence-corrected chi connectivity index (χ3v) is 2.70. The summed E-state index contributed by atoms with van der Waals surface area (Å²) >= 11 is 0. The normalized spacial score (nSPS) is 11.1. The van der Waals surface area contributed by atoms with Gasteiger partial charge in [-0.1, -0.05) is 13.8 Å². The smallest absolute Gasteiger partial charge is 0.307 e. The van der Waals surface area contributed by atoms with Gasteiger partial charge in [0.1, 0.15) is 0 Å². The van der Waals surface area contributed by atoms with Crippen molar-refractivity contribution in [1.82, 2.24) is 9.80 Å². The van der Waals surface area contributed by atoms with Crippen molar-refractivity contribution in [2.75, 3.05) is 46.4 Å². The Morgan fingerprint density at radius 1 is 1.06 bits per heavy atom. The minimum atomic E-state index is -0.0998.